The van der Waals surface area contributed by atoms with Crippen molar-refractivity contribution >= 4 is 11.6 Å². The van der Waals surface area contributed by atoms with Gasteiger partial charge in [-0.15, -0.1) is 0 Å². The predicted molar refractivity (Wildman–Crippen MR) is 63.0 cm³/mol. The van der Waals surface area contributed by atoms with Crippen LogP contribution in [0.25, 0.3) is 5.69 Å². The molecule has 0 saturated heterocycles. The average molecular weight is 232 g/mol. The highest BCUT2D eigenvalue weighted by atomic mass is 16.5. The number of hydrogen-bond acceptors (Lipinski definition) is 4. The molecule has 0 unspecified atom stereocenters. The van der Waals surface area contributed by atoms with Gasteiger partial charge in [0.05, 0.1) is 12.8 Å². The molecular formula is C11H12N4O2. The minimum atomic E-state index is -0.579. The van der Waals surface area contributed by atoms with Crippen LogP contribution in [0.15, 0.2) is 30.5 Å². The molecule has 1 heterocycles. The van der Waals surface area contributed by atoms with E-state index in [4.69, 9.17) is 16.2 Å². The van der Waals surface area contributed by atoms with Gasteiger partial charge in [0.2, 0.25) is 0 Å². The first-order valence-electron chi connectivity index (χ1n) is 4.92. The summed E-state index contributed by atoms with van der Waals surface area (Å²) < 4.78 is 6.59. The van der Waals surface area contributed by atoms with Crippen molar-refractivity contribution in [3.05, 3.63) is 36.2 Å². The zero-order valence-corrected chi connectivity index (χ0v) is 9.25. The van der Waals surface area contributed by atoms with Crippen LogP contribution in [-0.2, 0) is 0 Å². The highest BCUT2D eigenvalue weighted by molar-refractivity contribution is 5.90. The number of nitrogens with zero attached hydrogens (tertiary/aromatic N) is 2. The molecule has 0 fully saturated rings. The molecule has 6 nitrogen and oxygen atoms in total. The summed E-state index contributed by atoms with van der Waals surface area (Å²) in [5.74, 6) is -0.0242. The summed E-state index contributed by atoms with van der Waals surface area (Å²) in [7, 11) is 1.54. The third-order valence-corrected chi connectivity index (χ3v) is 2.35. The largest absolute Gasteiger partial charge is 0.495 e. The number of amides is 1. The highest BCUT2D eigenvalue weighted by Gasteiger charge is 2.10. The standard InChI is InChI=1S/C11H12N4O2/c1-17-9-4-2-3-8(10(9)12)15-6-5-7(14-15)11(13)16/h2-6H,12H2,1H3,(H2,13,16). The van der Waals surface area contributed by atoms with E-state index in [0.29, 0.717) is 17.1 Å². The van der Waals surface area contributed by atoms with Crippen molar-refractivity contribution in [2.75, 3.05) is 12.8 Å². The lowest BCUT2D eigenvalue weighted by Gasteiger charge is -2.09. The monoisotopic (exact) mass is 232 g/mol. The van der Waals surface area contributed by atoms with E-state index >= 15 is 0 Å². The number of rotatable bonds is 3. The third-order valence-electron chi connectivity index (χ3n) is 2.35. The van der Waals surface area contributed by atoms with E-state index < -0.39 is 5.91 Å². The van der Waals surface area contributed by atoms with Crippen molar-refractivity contribution in [3.63, 3.8) is 0 Å². The summed E-state index contributed by atoms with van der Waals surface area (Å²) in [6.07, 6.45) is 1.62. The Hall–Kier alpha value is -2.50. The van der Waals surface area contributed by atoms with E-state index in [2.05, 4.69) is 5.10 Å². The highest BCUT2D eigenvalue weighted by Crippen LogP contribution is 2.27. The summed E-state index contributed by atoms with van der Waals surface area (Å²) >= 11 is 0. The van der Waals surface area contributed by atoms with Gasteiger partial charge >= 0.3 is 0 Å². The van der Waals surface area contributed by atoms with Gasteiger partial charge in [0, 0.05) is 6.20 Å². The number of ether oxygens (including phenoxy) is 1. The van der Waals surface area contributed by atoms with Crippen LogP contribution in [0.4, 0.5) is 5.69 Å². The molecule has 0 aliphatic heterocycles. The van der Waals surface area contributed by atoms with Crippen LogP contribution < -0.4 is 16.2 Å². The Bertz CT molecular complexity index is 562. The molecule has 17 heavy (non-hydrogen) atoms. The van der Waals surface area contributed by atoms with Crippen molar-refractivity contribution in [2.45, 2.75) is 0 Å². The SMILES string of the molecule is COc1cccc(-n2ccc(C(N)=O)n2)c1N. The molecule has 2 rings (SSSR count). The molecule has 2 aromatic rings. The smallest absolute Gasteiger partial charge is 0.269 e. The Kier molecular flexibility index (Phi) is 2.70. The van der Waals surface area contributed by atoms with Crippen LogP contribution in [0.5, 0.6) is 5.75 Å². The Morgan fingerprint density at radius 3 is 2.76 bits per heavy atom. The molecule has 1 amide bonds. The van der Waals surface area contributed by atoms with Crippen LogP contribution in [0, 0.1) is 0 Å². The number of primary amides is 1. The predicted octanol–water partition coefficient (Wildman–Crippen LogP) is 0.562. The number of anilines is 1. The maximum atomic E-state index is 10.9. The molecule has 4 N–H and O–H groups in total. The van der Waals surface area contributed by atoms with E-state index in [1.807, 2.05) is 0 Å². The van der Waals surface area contributed by atoms with E-state index in [1.165, 1.54) is 17.9 Å². The Labute approximate surface area is 97.8 Å². The lowest BCUT2D eigenvalue weighted by Crippen LogP contribution is -2.12. The number of nitrogens with two attached hydrogens (primary N) is 2. The molecule has 88 valence electrons. The topological polar surface area (TPSA) is 96.2 Å². The molecule has 0 atom stereocenters. The van der Waals surface area contributed by atoms with Crippen molar-refractivity contribution in [1.29, 1.82) is 0 Å². The molecule has 1 aromatic heterocycles. The fourth-order valence-corrected chi connectivity index (χ4v) is 1.50. The summed E-state index contributed by atoms with van der Waals surface area (Å²) in [4.78, 5) is 10.9. The van der Waals surface area contributed by atoms with Crippen LogP contribution in [-0.4, -0.2) is 22.8 Å². The van der Waals surface area contributed by atoms with E-state index in [9.17, 15) is 4.79 Å². The molecular weight excluding hydrogens is 220 g/mol. The molecule has 6 heteroatoms. The fourth-order valence-electron chi connectivity index (χ4n) is 1.50. The van der Waals surface area contributed by atoms with Gasteiger partial charge in [0.1, 0.15) is 17.1 Å². The van der Waals surface area contributed by atoms with Gasteiger partial charge in [-0.25, -0.2) is 4.68 Å². The summed E-state index contributed by atoms with van der Waals surface area (Å²) in [5.41, 5.74) is 12.3. The van der Waals surface area contributed by atoms with E-state index in [-0.39, 0.29) is 5.69 Å². The lowest BCUT2D eigenvalue weighted by atomic mass is 10.2. The second-order valence-electron chi connectivity index (χ2n) is 3.40. The van der Waals surface area contributed by atoms with E-state index in [0.717, 1.165) is 0 Å². The molecule has 1 aromatic carbocycles. The van der Waals surface area contributed by atoms with Crippen LogP contribution in [0.3, 0.4) is 0 Å². The van der Waals surface area contributed by atoms with Crippen molar-refractivity contribution in [3.8, 4) is 11.4 Å². The number of carbonyl (C=O) groups excluding carboxylic acids is 1. The number of methoxy groups -OCH3 is 1. The Morgan fingerprint density at radius 1 is 1.41 bits per heavy atom. The zero-order chi connectivity index (χ0) is 12.4. The van der Waals surface area contributed by atoms with Gasteiger partial charge in [-0.05, 0) is 18.2 Å². The van der Waals surface area contributed by atoms with Gasteiger partial charge < -0.3 is 16.2 Å². The van der Waals surface area contributed by atoms with Crippen LogP contribution >= 0.6 is 0 Å². The third kappa shape index (κ3) is 1.92. The van der Waals surface area contributed by atoms with Crippen molar-refractivity contribution in [2.24, 2.45) is 5.73 Å². The minimum Gasteiger partial charge on any atom is -0.495 e. The Morgan fingerprint density at radius 2 is 2.18 bits per heavy atom. The molecule has 0 aliphatic carbocycles. The molecule has 0 bridgehead atoms. The van der Waals surface area contributed by atoms with Crippen molar-refractivity contribution in [1.82, 2.24) is 9.78 Å². The molecule has 0 spiro atoms. The first kappa shape index (κ1) is 11.0. The number of aromatic nitrogens is 2. The second-order valence-corrected chi connectivity index (χ2v) is 3.40. The quantitative estimate of drug-likeness (QED) is 0.756. The van der Waals surface area contributed by atoms with Gasteiger partial charge in [0.15, 0.2) is 0 Å². The number of carbonyl (C=O) groups is 1. The number of benzene rings is 1. The summed E-state index contributed by atoms with van der Waals surface area (Å²) in [6.45, 7) is 0. The van der Waals surface area contributed by atoms with E-state index in [1.54, 1.807) is 24.4 Å². The summed E-state index contributed by atoms with van der Waals surface area (Å²) in [5, 5.41) is 4.02. The fraction of sp³-hybridized carbons (Fsp3) is 0.0909. The maximum absolute atomic E-state index is 10.9. The van der Waals surface area contributed by atoms with Gasteiger partial charge in [-0.1, -0.05) is 6.07 Å². The number of nitrogen functional groups attached to an aromatic ring is 1. The van der Waals surface area contributed by atoms with Crippen LogP contribution in [0.2, 0.25) is 0 Å². The minimum absolute atomic E-state index is 0.187. The number of hydrogen-bond donors (Lipinski definition) is 2. The number of para-hydroxylation sites is 1. The zero-order valence-electron chi connectivity index (χ0n) is 9.25. The maximum Gasteiger partial charge on any atom is 0.269 e. The second kappa shape index (κ2) is 4.17. The van der Waals surface area contributed by atoms with Gasteiger partial charge in [-0.3, -0.25) is 4.79 Å². The molecule has 0 radical (unpaired) electrons. The lowest BCUT2D eigenvalue weighted by molar-refractivity contribution is 0.0995. The summed E-state index contributed by atoms with van der Waals surface area (Å²) in [6, 6.07) is 6.84. The Balaban J connectivity index is 2.49. The molecule has 0 saturated carbocycles. The van der Waals surface area contributed by atoms with Gasteiger partial charge in [0.25, 0.3) is 5.91 Å². The van der Waals surface area contributed by atoms with Crippen molar-refractivity contribution < 1.29 is 9.53 Å². The first-order chi connectivity index (χ1) is 8.13. The average Bonchev–Trinajstić information content (AvgIpc) is 2.78. The first-order valence-corrected chi connectivity index (χ1v) is 4.92. The van der Waals surface area contributed by atoms with Crippen LogP contribution in [0.1, 0.15) is 10.5 Å². The normalized spacial score (nSPS) is 10.2. The van der Waals surface area contributed by atoms with Gasteiger partial charge in [-0.2, -0.15) is 5.10 Å². The molecule has 0 aliphatic rings.